The molecule has 0 aliphatic heterocycles. The molecule has 0 radical (unpaired) electrons. The van der Waals surface area contributed by atoms with Gasteiger partial charge in [-0.15, -0.1) is 0 Å². The second-order valence-corrected chi connectivity index (χ2v) is 5.69. The highest BCUT2D eigenvalue weighted by molar-refractivity contribution is 6.45. The van der Waals surface area contributed by atoms with Gasteiger partial charge in [0, 0.05) is 6.42 Å². The number of rotatable bonds is 5. The molecular weight excluding hydrogens is 284 g/mol. The van der Waals surface area contributed by atoms with Crippen LogP contribution in [0.25, 0.3) is 0 Å². The fraction of sp³-hybridized carbons (Fsp3) is 0.375. The standard InChI is InChI=1S/C16H18N2O4/c1-16(2,3)22-15(21)18-12(14(20)13(19)10-17)9-11-7-5-4-6-8-11/h4-8,12H,9H2,1-3H3,(H,18,21)/t12-/m0/s1. The van der Waals surface area contributed by atoms with Crippen LogP contribution < -0.4 is 5.32 Å². The molecule has 1 aromatic rings. The third-order valence-corrected chi connectivity index (χ3v) is 2.62. The smallest absolute Gasteiger partial charge is 0.408 e. The Morgan fingerprint density at radius 1 is 1.23 bits per heavy atom. The normalized spacial score (nSPS) is 11.9. The first-order valence-corrected chi connectivity index (χ1v) is 6.74. The van der Waals surface area contributed by atoms with Crippen LogP contribution in [0.15, 0.2) is 30.3 Å². The molecule has 0 saturated carbocycles. The first kappa shape index (κ1) is 17.4. The van der Waals surface area contributed by atoms with E-state index < -0.39 is 29.3 Å². The molecule has 1 rings (SSSR count). The minimum absolute atomic E-state index is 0.104. The molecule has 6 heteroatoms. The number of hydrogen-bond donors (Lipinski definition) is 1. The zero-order valence-corrected chi connectivity index (χ0v) is 12.8. The molecule has 116 valence electrons. The maximum Gasteiger partial charge on any atom is 0.408 e. The Balaban J connectivity index is 2.88. The van der Waals surface area contributed by atoms with Crippen LogP contribution in [0.2, 0.25) is 0 Å². The SMILES string of the molecule is CC(C)(C)OC(=O)N[C@@H](Cc1ccccc1)C(=O)C(=O)C#N. The first-order valence-electron chi connectivity index (χ1n) is 6.74. The second kappa shape index (κ2) is 7.36. The van der Waals surface area contributed by atoms with E-state index in [0.717, 1.165) is 5.56 Å². The lowest BCUT2D eigenvalue weighted by molar-refractivity contribution is -0.134. The van der Waals surface area contributed by atoms with Crippen LogP contribution in [-0.2, 0) is 20.7 Å². The molecule has 0 aliphatic carbocycles. The van der Waals surface area contributed by atoms with E-state index in [-0.39, 0.29) is 6.42 Å². The summed E-state index contributed by atoms with van der Waals surface area (Å²) in [5.74, 6) is -2.16. The van der Waals surface area contributed by atoms with E-state index in [4.69, 9.17) is 10.00 Å². The Morgan fingerprint density at radius 3 is 2.32 bits per heavy atom. The molecular formula is C16H18N2O4. The summed E-state index contributed by atoms with van der Waals surface area (Å²) in [6, 6.07) is 9.01. The lowest BCUT2D eigenvalue weighted by atomic mass is 10.0. The summed E-state index contributed by atoms with van der Waals surface area (Å²) in [7, 11) is 0. The summed E-state index contributed by atoms with van der Waals surface area (Å²) in [5.41, 5.74) is 0.0200. The third-order valence-electron chi connectivity index (χ3n) is 2.62. The van der Waals surface area contributed by atoms with E-state index >= 15 is 0 Å². The summed E-state index contributed by atoms with van der Waals surface area (Å²) < 4.78 is 5.07. The van der Waals surface area contributed by atoms with Crippen molar-refractivity contribution in [3.8, 4) is 6.07 Å². The number of ketones is 2. The zero-order valence-electron chi connectivity index (χ0n) is 12.8. The molecule has 0 spiro atoms. The zero-order chi connectivity index (χ0) is 16.8. The van der Waals surface area contributed by atoms with Gasteiger partial charge in [0.2, 0.25) is 5.78 Å². The maximum absolute atomic E-state index is 11.9. The molecule has 0 aliphatic rings. The number of carbonyl (C=O) groups is 3. The average Bonchev–Trinajstić information content (AvgIpc) is 2.44. The number of nitrogens with zero attached hydrogens (tertiary/aromatic N) is 1. The third kappa shape index (κ3) is 5.75. The predicted octanol–water partition coefficient (Wildman–Crippen LogP) is 1.78. The Hall–Kier alpha value is -2.68. The molecule has 1 amide bonds. The average molecular weight is 302 g/mol. The molecule has 0 aromatic heterocycles. The van der Waals surface area contributed by atoms with E-state index in [9.17, 15) is 14.4 Å². The molecule has 0 saturated heterocycles. The molecule has 0 fully saturated rings. The van der Waals surface area contributed by atoms with Gasteiger partial charge in [-0.2, -0.15) is 5.26 Å². The highest BCUT2D eigenvalue weighted by Gasteiger charge is 2.28. The van der Waals surface area contributed by atoms with Gasteiger partial charge in [-0.05, 0) is 26.3 Å². The number of nitriles is 1. The topological polar surface area (TPSA) is 96.3 Å². The summed E-state index contributed by atoms with van der Waals surface area (Å²) in [6.45, 7) is 5.04. The largest absolute Gasteiger partial charge is 0.444 e. The van der Waals surface area contributed by atoms with Crippen molar-refractivity contribution in [3.63, 3.8) is 0 Å². The summed E-state index contributed by atoms with van der Waals surface area (Å²) >= 11 is 0. The number of carbonyl (C=O) groups excluding carboxylic acids is 3. The van der Waals surface area contributed by atoms with Gasteiger partial charge in [0.25, 0.3) is 5.78 Å². The molecule has 0 bridgehead atoms. The quantitative estimate of drug-likeness (QED) is 0.660. The number of ether oxygens (including phenoxy) is 1. The van der Waals surface area contributed by atoms with Crippen LogP contribution >= 0.6 is 0 Å². The number of hydrogen-bond acceptors (Lipinski definition) is 5. The van der Waals surface area contributed by atoms with Crippen molar-refractivity contribution in [1.82, 2.24) is 5.32 Å². The van der Waals surface area contributed by atoms with Crippen LogP contribution in [0.3, 0.4) is 0 Å². The molecule has 0 heterocycles. The Bertz CT molecular complexity index is 597. The number of benzene rings is 1. The summed E-state index contributed by atoms with van der Waals surface area (Å²) in [5, 5.41) is 10.9. The van der Waals surface area contributed by atoms with Crippen LogP contribution in [0, 0.1) is 11.3 Å². The highest BCUT2D eigenvalue weighted by atomic mass is 16.6. The van der Waals surface area contributed by atoms with Gasteiger partial charge in [0.1, 0.15) is 17.7 Å². The summed E-state index contributed by atoms with van der Waals surface area (Å²) in [4.78, 5) is 35.0. The van der Waals surface area contributed by atoms with Crippen LogP contribution in [0.4, 0.5) is 4.79 Å². The van der Waals surface area contributed by atoms with E-state index in [1.54, 1.807) is 45.0 Å². The number of nitrogens with one attached hydrogen (secondary N) is 1. The van der Waals surface area contributed by atoms with Gasteiger partial charge in [-0.25, -0.2) is 4.79 Å². The van der Waals surface area contributed by atoms with Gasteiger partial charge < -0.3 is 10.1 Å². The minimum Gasteiger partial charge on any atom is -0.444 e. The van der Waals surface area contributed by atoms with Crippen LogP contribution in [0.5, 0.6) is 0 Å². The lowest BCUT2D eigenvalue weighted by Crippen LogP contribution is -2.46. The molecule has 0 unspecified atom stereocenters. The summed E-state index contributed by atoms with van der Waals surface area (Å²) in [6.07, 6.45) is -0.709. The van der Waals surface area contributed by atoms with Crippen molar-refractivity contribution in [2.45, 2.75) is 38.8 Å². The molecule has 1 atom stereocenters. The van der Waals surface area contributed by atoms with Gasteiger partial charge in [-0.1, -0.05) is 30.3 Å². The number of Topliss-reactive ketones (excluding diaryl/α,β-unsaturated/α-hetero) is 2. The fourth-order valence-corrected chi connectivity index (χ4v) is 1.72. The molecule has 6 nitrogen and oxygen atoms in total. The molecule has 1 aromatic carbocycles. The van der Waals surface area contributed by atoms with E-state index in [2.05, 4.69) is 5.32 Å². The van der Waals surface area contributed by atoms with Crippen LogP contribution in [0.1, 0.15) is 26.3 Å². The van der Waals surface area contributed by atoms with E-state index in [0.29, 0.717) is 0 Å². The maximum atomic E-state index is 11.9. The van der Waals surface area contributed by atoms with Crippen molar-refractivity contribution >= 4 is 17.7 Å². The lowest BCUT2D eigenvalue weighted by Gasteiger charge is -2.22. The van der Waals surface area contributed by atoms with Crippen molar-refractivity contribution in [3.05, 3.63) is 35.9 Å². The highest BCUT2D eigenvalue weighted by Crippen LogP contribution is 2.09. The number of amides is 1. The Labute approximate surface area is 129 Å². The Kier molecular flexibility index (Phi) is 5.81. The first-order chi connectivity index (χ1) is 10.2. The van der Waals surface area contributed by atoms with Gasteiger partial charge >= 0.3 is 6.09 Å². The van der Waals surface area contributed by atoms with Crippen LogP contribution in [-0.4, -0.2) is 29.3 Å². The van der Waals surface area contributed by atoms with Gasteiger partial charge in [0.05, 0.1) is 0 Å². The van der Waals surface area contributed by atoms with E-state index in [1.165, 1.54) is 6.07 Å². The van der Waals surface area contributed by atoms with E-state index in [1.807, 2.05) is 6.07 Å². The predicted molar refractivity (Wildman–Crippen MR) is 78.9 cm³/mol. The van der Waals surface area contributed by atoms with Crippen molar-refractivity contribution in [1.29, 1.82) is 5.26 Å². The number of alkyl carbamates (subject to hydrolysis) is 1. The van der Waals surface area contributed by atoms with Gasteiger partial charge in [-0.3, -0.25) is 9.59 Å². The molecule has 22 heavy (non-hydrogen) atoms. The van der Waals surface area contributed by atoms with Crippen molar-refractivity contribution in [2.24, 2.45) is 0 Å². The Morgan fingerprint density at radius 2 is 1.82 bits per heavy atom. The fourth-order valence-electron chi connectivity index (χ4n) is 1.72. The van der Waals surface area contributed by atoms with Crippen molar-refractivity contribution in [2.75, 3.05) is 0 Å². The second-order valence-electron chi connectivity index (χ2n) is 5.69. The molecule has 1 N–H and O–H groups in total. The monoisotopic (exact) mass is 302 g/mol. The van der Waals surface area contributed by atoms with Crippen molar-refractivity contribution < 1.29 is 19.1 Å². The van der Waals surface area contributed by atoms with Gasteiger partial charge in [0.15, 0.2) is 0 Å². The minimum atomic E-state index is -1.20.